The summed E-state index contributed by atoms with van der Waals surface area (Å²) in [5, 5.41) is 9.37. The van der Waals surface area contributed by atoms with Crippen molar-refractivity contribution in [3.05, 3.63) is 108 Å². The van der Waals surface area contributed by atoms with Gasteiger partial charge in [-0.05, 0) is 23.1 Å². The van der Waals surface area contributed by atoms with Crippen LogP contribution in [0.15, 0.2) is 96.1 Å². The Bertz CT molecular complexity index is 1140. The van der Waals surface area contributed by atoms with Crippen molar-refractivity contribution in [2.45, 2.75) is 31.5 Å². The van der Waals surface area contributed by atoms with E-state index >= 15 is 0 Å². The summed E-state index contributed by atoms with van der Waals surface area (Å²) in [5.41, 5.74) is 9.86. The lowest BCUT2D eigenvalue weighted by Gasteiger charge is -2.22. The first-order valence-corrected chi connectivity index (χ1v) is 11.4. The van der Waals surface area contributed by atoms with E-state index in [0.29, 0.717) is 6.42 Å². The van der Waals surface area contributed by atoms with Crippen LogP contribution in [-0.4, -0.2) is 36.3 Å². The van der Waals surface area contributed by atoms with Crippen molar-refractivity contribution in [1.29, 1.82) is 0 Å². The maximum atomic E-state index is 13.3. The van der Waals surface area contributed by atoms with Gasteiger partial charge in [-0.3, -0.25) is 4.79 Å². The third kappa shape index (κ3) is 9.30. The first kappa shape index (κ1) is 26.0. The van der Waals surface area contributed by atoms with Gasteiger partial charge >= 0.3 is 12.1 Å². The van der Waals surface area contributed by atoms with E-state index in [-0.39, 0.29) is 13.0 Å². The molecule has 2 atom stereocenters. The van der Waals surface area contributed by atoms with E-state index < -0.39 is 30.1 Å². The predicted molar refractivity (Wildman–Crippen MR) is 137 cm³/mol. The molecule has 9 nitrogen and oxygen atoms in total. The van der Waals surface area contributed by atoms with Crippen LogP contribution < -0.4 is 21.8 Å². The molecule has 0 heterocycles. The van der Waals surface area contributed by atoms with E-state index in [1.165, 1.54) is 6.21 Å². The highest BCUT2D eigenvalue weighted by Gasteiger charge is 2.24. The summed E-state index contributed by atoms with van der Waals surface area (Å²) in [7, 11) is 0. The minimum Gasteiger partial charge on any atom is -0.445 e. The zero-order chi connectivity index (χ0) is 25.6. The Kier molecular flexibility index (Phi) is 10.0. The molecular weight excluding hydrogens is 458 g/mol. The van der Waals surface area contributed by atoms with E-state index in [4.69, 9.17) is 10.5 Å². The van der Waals surface area contributed by atoms with Crippen LogP contribution in [0.1, 0.15) is 16.7 Å². The van der Waals surface area contributed by atoms with Gasteiger partial charge in [-0.2, -0.15) is 5.10 Å². The van der Waals surface area contributed by atoms with Gasteiger partial charge in [-0.1, -0.05) is 91.0 Å². The second-order valence-electron chi connectivity index (χ2n) is 8.01. The number of carbonyl (C=O) groups is 3. The first-order valence-electron chi connectivity index (χ1n) is 11.4. The van der Waals surface area contributed by atoms with Gasteiger partial charge in [0, 0.05) is 12.6 Å². The second kappa shape index (κ2) is 13.9. The molecule has 0 fully saturated rings. The van der Waals surface area contributed by atoms with Crippen molar-refractivity contribution >= 4 is 24.2 Å². The van der Waals surface area contributed by atoms with E-state index in [1.807, 2.05) is 91.0 Å². The minimum atomic E-state index is -0.911. The van der Waals surface area contributed by atoms with E-state index in [1.54, 1.807) is 0 Å². The topological polar surface area (TPSA) is 135 Å². The molecule has 3 aromatic rings. The Morgan fingerprint density at radius 2 is 1.31 bits per heavy atom. The molecule has 0 bridgehead atoms. The molecule has 0 aliphatic rings. The molecule has 0 radical (unpaired) electrons. The number of rotatable bonds is 11. The summed E-state index contributed by atoms with van der Waals surface area (Å²) in [6.07, 6.45) is 1.34. The molecule has 3 aromatic carbocycles. The van der Waals surface area contributed by atoms with Gasteiger partial charge < -0.3 is 21.1 Å². The molecule has 0 saturated heterocycles. The number of benzene rings is 3. The lowest BCUT2D eigenvalue weighted by molar-refractivity contribution is -0.123. The summed E-state index contributed by atoms with van der Waals surface area (Å²) in [4.78, 5) is 36.9. The van der Waals surface area contributed by atoms with Crippen molar-refractivity contribution in [3.63, 3.8) is 0 Å². The van der Waals surface area contributed by atoms with Gasteiger partial charge in [0.05, 0.1) is 6.04 Å². The van der Waals surface area contributed by atoms with Gasteiger partial charge in [-0.25, -0.2) is 15.0 Å². The second-order valence-corrected chi connectivity index (χ2v) is 8.01. The highest BCUT2D eigenvalue weighted by atomic mass is 16.5. The number of hydrazone groups is 1. The molecule has 4 amide bonds. The average Bonchev–Trinajstić information content (AvgIpc) is 2.88. The van der Waals surface area contributed by atoms with Gasteiger partial charge in [0.2, 0.25) is 5.91 Å². The Morgan fingerprint density at radius 1 is 0.778 bits per heavy atom. The number of ether oxygens (including phenoxy) is 1. The SMILES string of the molecule is NC(=O)N/N=C\[C@H](Cc1ccccc1)NC(=O)[C@H](Cc1ccccc1)NC(=O)OCc1ccccc1. The lowest BCUT2D eigenvalue weighted by atomic mass is 10.0. The number of hydrogen-bond donors (Lipinski definition) is 4. The quantitative estimate of drug-likeness (QED) is 0.244. The lowest BCUT2D eigenvalue weighted by Crippen LogP contribution is -2.51. The Labute approximate surface area is 209 Å². The number of urea groups is 1. The molecule has 0 unspecified atom stereocenters. The van der Waals surface area contributed by atoms with E-state index in [0.717, 1.165) is 16.7 Å². The fraction of sp³-hybridized carbons (Fsp3) is 0.185. The number of hydrogen-bond acceptors (Lipinski definition) is 5. The molecule has 9 heteroatoms. The molecule has 0 aromatic heterocycles. The minimum absolute atomic E-state index is 0.0778. The van der Waals surface area contributed by atoms with Gasteiger partial charge in [0.25, 0.3) is 0 Å². The number of nitrogens with two attached hydrogens (primary N) is 1. The number of amides is 4. The normalized spacial score (nSPS) is 12.3. The summed E-state index contributed by atoms with van der Waals surface area (Å²) >= 11 is 0. The van der Waals surface area contributed by atoms with Crippen molar-refractivity contribution in [3.8, 4) is 0 Å². The number of carbonyl (C=O) groups excluding carboxylic acids is 3. The van der Waals surface area contributed by atoms with Crippen LogP contribution in [0.3, 0.4) is 0 Å². The highest BCUT2D eigenvalue weighted by molar-refractivity contribution is 5.88. The molecule has 186 valence electrons. The molecule has 36 heavy (non-hydrogen) atoms. The molecule has 0 aliphatic heterocycles. The molecular formula is C27H29N5O4. The summed E-state index contributed by atoms with van der Waals surface area (Å²) in [5.74, 6) is -0.429. The molecule has 0 saturated carbocycles. The van der Waals surface area contributed by atoms with Crippen molar-refractivity contribution in [2.24, 2.45) is 10.8 Å². The van der Waals surface area contributed by atoms with Crippen molar-refractivity contribution < 1.29 is 19.1 Å². The maximum Gasteiger partial charge on any atom is 0.408 e. The van der Waals surface area contributed by atoms with Gasteiger partial charge in [-0.15, -0.1) is 0 Å². The fourth-order valence-electron chi connectivity index (χ4n) is 3.45. The maximum absolute atomic E-state index is 13.3. The third-order valence-corrected chi connectivity index (χ3v) is 5.16. The van der Waals surface area contributed by atoms with Crippen LogP contribution in [0.25, 0.3) is 0 Å². The number of nitrogens with zero attached hydrogens (tertiary/aromatic N) is 1. The Morgan fingerprint density at radius 3 is 1.86 bits per heavy atom. The summed E-state index contributed by atoms with van der Waals surface area (Å²) < 4.78 is 5.32. The summed E-state index contributed by atoms with van der Waals surface area (Å²) in [6.45, 7) is 0.0778. The van der Waals surface area contributed by atoms with E-state index in [9.17, 15) is 14.4 Å². The smallest absolute Gasteiger partial charge is 0.408 e. The Hall–Kier alpha value is -4.66. The predicted octanol–water partition coefficient (Wildman–Crippen LogP) is 2.91. The largest absolute Gasteiger partial charge is 0.445 e. The van der Waals surface area contributed by atoms with Crippen LogP contribution in [0.2, 0.25) is 0 Å². The van der Waals surface area contributed by atoms with Gasteiger partial charge in [0.15, 0.2) is 0 Å². The van der Waals surface area contributed by atoms with E-state index in [2.05, 4.69) is 21.2 Å². The summed E-state index contributed by atoms with van der Waals surface area (Å²) in [6, 6.07) is 25.8. The monoisotopic (exact) mass is 487 g/mol. The number of nitrogens with one attached hydrogen (secondary N) is 3. The first-order chi connectivity index (χ1) is 17.5. The van der Waals surface area contributed by atoms with Crippen LogP contribution in [0, 0.1) is 0 Å². The van der Waals surface area contributed by atoms with Crippen LogP contribution >= 0.6 is 0 Å². The zero-order valence-corrected chi connectivity index (χ0v) is 19.7. The van der Waals surface area contributed by atoms with Gasteiger partial charge in [0.1, 0.15) is 12.6 Å². The standard InChI is InChI=1S/C27H29N5O4/c28-26(34)32-29-18-23(16-20-10-4-1-5-11-20)30-25(33)24(17-21-12-6-2-7-13-21)31-27(35)36-19-22-14-8-3-9-15-22/h1-15,18,23-24H,16-17,19H2,(H,30,33)(H,31,35)(H3,28,32,34)/b29-18-/t23-,24-/m0/s1. The number of primary amides is 1. The highest BCUT2D eigenvalue weighted by Crippen LogP contribution is 2.07. The molecule has 5 N–H and O–H groups in total. The average molecular weight is 488 g/mol. The van der Waals surface area contributed by atoms with Crippen LogP contribution in [-0.2, 0) is 29.0 Å². The van der Waals surface area contributed by atoms with Crippen molar-refractivity contribution in [1.82, 2.24) is 16.1 Å². The molecule has 0 aliphatic carbocycles. The third-order valence-electron chi connectivity index (χ3n) is 5.16. The van der Waals surface area contributed by atoms with Crippen LogP contribution in [0.4, 0.5) is 9.59 Å². The Balaban J connectivity index is 1.71. The fourth-order valence-corrected chi connectivity index (χ4v) is 3.45. The molecule has 0 spiro atoms. The molecule has 3 rings (SSSR count). The van der Waals surface area contributed by atoms with Crippen LogP contribution in [0.5, 0.6) is 0 Å². The zero-order valence-electron chi connectivity index (χ0n) is 19.7. The number of alkyl carbamates (subject to hydrolysis) is 1. The van der Waals surface area contributed by atoms with Crippen molar-refractivity contribution in [2.75, 3.05) is 0 Å².